The van der Waals surface area contributed by atoms with Crippen LogP contribution >= 0.6 is 11.3 Å². The van der Waals surface area contributed by atoms with Crippen LogP contribution in [0.5, 0.6) is 0 Å². The van der Waals surface area contributed by atoms with E-state index in [1.807, 2.05) is 5.38 Å². The lowest BCUT2D eigenvalue weighted by Gasteiger charge is -2.33. The van der Waals surface area contributed by atoms with Crippen LogP contribution in [-0.2, 0) is 16.6 Å². The molecule has 9 heteroatoms. The quantitative estimate of drug-likeness (QED) is 0.847. The van der Waals surface area contributed by atoms with Gasteiger partial charge in [-0.25, -0.2) is 18.2 Å². The SMILES string of the molecule is CS(=O)(=O)N1CCN(C(=O)NCc2nccs2)CC1. The fraction of sp³-hybridized carbons (Fsp3) is 0.600. The lowest BCUT2D eigenvalue weighted by atomic mass is 10.4. The molecule has 0 bridgehead atoms. The van der Waals surface area contributed by atoms with Gasteiger partial charge in [-0.1, -0.05) is 0 Å². The number of rotatable bonds is 3. The molecule has 0 unspecified atom stereocenters. The van der Waals surface area contributed by atoms with Crippen LogP contribution in [0, 0.1) is 0 Å². The summed E-state index contributed by atoms with van der Waals surface area (Å²) >= 11 is 1.48. The minimum absolute atomic E-state index is 0.177. The highest BCUT2D eigenvalue weighted by atomic mass is 32.2. The first-order valence-electron chi connectivity index (χ1n) is 5.83. The van der Waals surface area contributed by atoms with Crippen molar-refractivity contribution in [2.75, 3.05) is 32.4 Å². The highest BCUT2D eigenvalue weighted by Crippen LogP contribution is 2.07. The van der Waals surface area contributed by atoms with Crippen LogP contribution in [0.2, 0.25) is 0 Å². The second kappa shape index (κ2) is 5.85. The van der Waals surface area contributed by atoms with E-state index in [1.54, 1.807) is 11.1 Å². The van der Waals surface area contributed by atoms with Gasteiger partial charge >= 0.3 is 6.03 Å². The highest BCUT2D eigenvalue weighted by molar-refractivity contribution is 7.88. The van der Waals surface area contributed by atoms with Gasteiger partial charge in [0.15, 0.2) is 0 Å². The summed E-state index contributed by atoms with van der Waals surface area (Å²) in [5.41, 5.74) is 0. The van der Waals surface area contributed by atoms with Crippen molar-refractivity contribution in [3.05, 3.63) is 16.6 Å². The first kappa shape index (κ1) is 14.2. The summed E-state index contributed by atoms with van der Waals surface area (Å²) in [5, 5.41) is 5.48. The first-order chi connectivity index (χ1) is 8.97. The molecule has 0 radical (unpaired) electrons. The van der Waals surface area contributed by atoms with Crippen molar-refractivity contribution in [3.63, 3.8) is 0 Å². The molecular weight excluding hydrogens is 288 g/mol. The standard InChI is InChI=1S/C10H16N4O3S2/c1-19(16,17)14-5-3-13(4-6-14)10(15)12-8-9-11-2-7-18-9/h2,7H,3-6,8H2,1H3,(H,12,15). The van der Waals surface area contributed by atoms with E-state index in [4.69, 9.17) is 0 Å². The Morgan fingerprint density at radius 2 is 2.11 bits per heavy atom. The fourth-order valence-corrected chi connectivity index (χ4v) is 3.21. The van der Waals surface area contributed by atoms with E-state index in [0.717, 1.165) is 5.01 Å². The Kier molecular flexibility index (Phi) is 4.38. The smallest absolute Gasteiger partial charge is 0.317 e. The monoisotopic (exact) mass is 304 g/mol. The molecule has 2 rings (SSSR count). The molecule has 106 valence electrons. The van der Waals surface area contributed by atoms with Crippen LogP contribution in [0.4, 0.5) is 4.79 Å². The number of nitrogens with one attached hydrogen (secondary N) is 1. The molecular formula is C10H16N4O3S2. The van der Waals surface area contributed by atoms with Crippen molar-refractivity contribution in [2.24, 2.45) is 0 Å². The van der Waals surface area contributed by atoms with Gasteiger partial charge in [-0.15, -0.1) is 11.3 Å². The van der Waals surface area contributed by atoms with Crippen LogP contribution < -0.4 is 5.32 Å². The minimum Gasteiger partial charge on any atom is -0.331 e. The molecule has 19 heavy (non-hydrogen) atoms. The van der Waals surface area contributed by atoms with Crippen molar-refractivity contribution in [1.29, 1.82) is 0 Å². The van der Waals surface area contributed by atoms with Gasteiger partial charge in [0, 0.05) is 37.8 Å². The summed E-state index contributed by atoms with van der Waals surface area (Å²) in [6.07, 6.45) is 2.88. The molecule has 2 amide bonds. The fourth-order valence-electron chi connectivity index (χ4n) is 1.83. The summed E-state index contributed by atoms with van der Waals surface area (Å²) in [6.45, 7) is 1.93. The maximum absolute atomic E-state index is 11.9. The van der Waals surface area contributed by atoms with E-state index in [9.17, 15) is 13.2 Å². The molecule has 1 aromatic rings. The number of hydrogen-bond donors (Lipinski definition) is 1. The lowest BCUT2D eigenvalue weighted by molar-refractivity contribution is 0.172. The second-order valence-corrected chi connectivity index (χ2v) is 7.20. The zero-order valence-corrected chi connectivity index (χ0v) is 12.2. The third-order valence-corrected chi connectivity index (χ3v) is 4.95. The lowest BCUT2D eigenvalue weighted by Crippen LogP contribution is -2.52. The van der Waals surface area contributed by atoms with Gasteiger partial charge in [-0.3, -0.25) is 0 Å². The molecule has 2 heterocycles. The number of hydrogen-bond acceptors (Lipinski definition) is 5. The molecule has 7 nitrogen and oxygen atoms in total. The largest absolute Gasteiger partial charge is 0.331 e. The zero-order chi connectivity index (χ0) is 13.9. The third-order valence-electron chi connectivity index (χ3n) is 2.87. The Labute approximate surface area is 116 Å². The number of thiazole rings is 1. The normalized spacial score (nSPS) is 17.4. The zero-order valence-electron chi connectivity index (χ0n) is 10.6. The molecule has 1 aliphatic rings. The molecule has 0 aliphatic carbocycles. The maximum atomic E-state index is 11.9. The van der Waals surface area contributed by atoms with Crippen molar-refractivity contribution in [3.8, 4) is 0 Å². The Hall–Kier alpha value is -1.19. The predicted molar refractivity (Wildman–Crippen MR) is 72.3 cm³/mol. The molecule has 0 spiro atoms. The summed E-state index contributed by atoms with van der Waals surface area (Å²) in [7, 11) is -3.16. The van der Waals surface area contributed by atoms with Gasteiger partial charge in [-0.2, -0.15) is 4.31 Å². The molecule has 1 fully saturated rings. The average molecular weight is 304 g/mol. The molecule has 0 atom stereocenters. The van der Waals surface area contributed by atoms with E-state index < -0.39 is 10.0 Å². The third kappa shape index (κ3) is 3.88. The number of sulfonamides is 1. The van der Waals surface area contributed by atoms with Crippen molar-refractivity contribution in [2.45, 2.75) is 6.54 Å². The number of aromatic nitrogens is 1. The highest BCUT2D eigenvalue weighted by Gasteiger charge is 2.25. The summed E-state index contributed by atoms with van der Waals surface area (Å²) < 4.78 is 24.1. The van der Waals surface area contributed by atoms with Crippen molar-refractivity contribution < 1.29 is 13.2 Å². The van der Waals surface area contributed by atoms with Crippen LogP contribution in [0.25, 0.3) is 0 Å². The Bertz CT molecular complexity index is 521. The van der Waals surface area contributed by atoms with E-state index >= 15 is 0 Å². The van der Waals surface area contributed by atoms with E-state index in [0.29, 0.717) is 32.7 Å². The van der Waals surface area contributed by atoms with Crippen LogP contribution in [-0.4, -0.2) is 61.1 Å². The van der Waals surface area contributed by atoms with Crippen LogP contribution in [0.15, 0.2) is 11.6 Å². The molecule has 1 aliphatic heterocycles. The second-order valence-electron chi connectivity index (χ2n) is 4.23. The van der Waals surface area contributed by atoms with E-state index in [1.165, 1.54) is 21.9 Å². The summed E-state index contributed by atoms with van der Waals surface area (Å²) in [5.74, 6) is 0. The number of carbonyl (C=O) groups excluding carboxylic acids is 1. The predicted octanol–water partition coefficient (Wildman–Crippen LogP) is -0.0701. The van der Waals surface area contributed by atoms with Crippen LogP contribution in [0.3, 0.4) is 0 Å². The van der Waals surface area contributed by atoms with Gasteiger partial charge in [0.2, 0.25) is 10.0 Å². The van der Waals surface area contributed by atoms with Gasteiger partial charge < -0.3 is 10.2 Å². The van der Waals surface area contributed by atoms with Gasteiger partial charge in [0.1, 0.15) is 5.01 Å². The van der Waals surface area contributed by atoms with Crippen molar-refractivity contribution >= 4 is 27.4 Å². The number of piperazine rings is 1. The van der Waals surface area contributed by atoms with Gasteiger partial charge in [-0.05, 0) is 0 Å². The minimum atomic E-state index is -3.16. The summed E-state index contributed by atoms with van der Waals surface area (Å²) in [6, 6.07) is -0.177. The Morgan fingerprint density at radius 1 is 1.42 bits per heavy atom. The Morgan fingerprint density at radius 3 is 2.63 bits per heavy atom. The molecule has 1 aromatic heterocycles. The molecule has 1 N–H and O–H groups in total. The first-order valence-corrected chi connectivity index (χ1v) is 8.56. The number of urea groups is 1. The van der Waals surface area contributed by atoms with Crippen molar-refractivity contribution in [1.82, 2.24) is 19.5 Å². The van der Waals surface area contributed by atoms with Gasteiger partial charge in [0.05, 0.1) is 12.8 Å². The number of amides is 2. The summed E-state index contributed by atoms with van der Waals surface area (Å²) in [4.78, 5) is 17.6. The van der Waals surface area contributed by atoms with Gasteiger partial charge in [0.25, 0.3) is 0 Å². The van der Waals surface area contributed by atoms with E-state index in [-0.39, 0.29) is 6.03 Å². The van der Waals surface area contributed by atoms with Crippen LogP contribution in [0.1, 0.15) is 5.01 Å². The average Bonchev–Trinajstić information content (AvgIpc) is 2.88. The molecule has 1 saturated heterocycles. The Balaban J connectivity index is 1.79. The topological polar surface area (TPSA) is 82.6 Å². The maximum Gasteiger partial charge on any atom is 0.317 e. The number of nitrogens with zero attached hydrogens (tertiary/aromatic N) is 3. The molecule has 0 saturated carbocycles. The molecule has 0 aromatic carbocycles. The van der Waals surface area contributed by atoms with E-state index in [2.05, 4.69) is 10.3 Å². The number of carbonyl (C=O) groups is 1.